The third-order valence-electron chi connectivity index (χ3n) is 4.14. The quantitative estimate of drug-likeness (QED) is 0.764. The Labute approximate surface area is 133 Å². The number of Topliss-reactive ketones (excluding diaryl/α,β-unsaturated/α-hetero) is 1. The van der Waals surface area contributed by atoms with Crippen molar-refractivity contribution in [3.63, 3.8) is 0 Å². The second-order valence-electron chi connectivity index (χ2n) is 5.76. The number of carbonyl (C=O) groups excluding carboxylic acids is 1. The summed E-state index contributed by atoms with van der Waals surface area (Å²) in [6.07, 6.45) is 1.42. The molecule has 1 aromatic carbocycles. The summed E-state index contributed by atoms with van der Waals surface area (Å²) in [5, 5.41) is 0. The van der Waals surface area contributed by atoms with Crippen LogP contribution in [-0.2, 0) is 6.42 Å². The maximum absolute atomic E-state index is 12.4. The third kappa shape index (κ3) is 2.29. The van der Waals surface area contributed by atoms with E-state index in [-0.39, 0.29) is 11.7 Å². The number of aryl methyl sites for hydroxylation is 1. The van der Waals surface area contributed by atoms with Gasteiger partial charge in [0.05, 0.1) is 0 Å². The molecule has 3 aromatic rings. The zero-order chi connectivity index (χ0) is 15.1. The average molecular weight is 308 g/mol. The van der Waals surface area contributed by atoms with E-state index in [0.717, 1.165) is 23.5 Å². The predicted octanol–water partition coefficient (Wildman–Crippen LogP) is 4.36. The van der Waals surface area contributed by atoms with Gasteiger partial charge in [0.15, 0.2) is 5.78 Å². The summed E-state index contributed by atoms with van der Waals surface area (Å²) in [4.78, 5) is 22.9. The van der Waals surface area contributed by atoms with Crippen LogP contribution < -0.4 is 0 Å². The van der Waals surface area contributed by atoms with Gasteiger partial charge in [0.25, 0.3) is 0 Å². The molecule has 1 N–H and O–H groups in total. The van der Waals surface area contributed by atoms with Gasteiger partial charge in [-0.3, -0.25) is 4.79 Å². The Kier molecular flexibility index (Phi) is 3.19. The number of nitrogens with zero attached hydrogens (tertiary/aromatic N) is 1. The lowest BCUT2D eigenvalue weighted by Crippen LogP contribution is -2.18. The van der Waals surface area contributed by atoms with Gasteiger partial charge in [0.1, 0.15) is 11.5 Å². The Morgan fingerprint density at radius 1 is 1.14 bits per heavy atom. The van der Waals surface area contributed by atoms with Crippen LogP contribution in [0.15, 0.2) is 42.5 Å². The van der Waals surface area contributed by atoms with Crippen LogP contribution in [0.4, 0.5) is 0 Å². The lowest BCUT2D eigenvalue weighted by molar-refractivity contribution is 0.0960. The first kappa shape index (κ1) is 13.5. The summed E-state index contributed by atoms with van der Waals surface area (Å²) in [6, 6.07) is 14.2. The van der Waals surface area contributed by atoms with E-state index in [9.17, 15) is 4.79 Å². The number of aromatic amines is 1. The van der Waals surface area contributed by atoms with Crippen LogP contribution in [-0.4, -0.2) is 15.8 Å². The molecule has 2 heterocycles. The second kappa shape index (κ2) is 5.21. The molecule has 0 amide bonds. The highest BCUT2D eigenvalue weighted by Crippen LogP contribution is 2.36. The summed E-state index contributed by atoms with van der Waals surface area (Å²) < 4.78 is 0. The first-order valence-electron chi connectivity index (χ1n) is 7.44. The summed E-state index contributed by atoms with van der Waals surface area (Å²) >= 11 is 1.79. The third-order valence-corrected chi connectivity index (χ3v) is 5.30. The lowest BCUT2D eigenvalue weighted by Gasteiger charge is -2.18. The molecule has 0 saturated heterocycles. The number of hydrogen-bond donors (Lipinski definition) is 1. The molecule has 1 aliphatic rings. The van der Waals surface area contributed by atoms with Crippen molar-refractivity contribution in [2.24, 2.45) is 0 Å². The van der Waals surface area contributed by atoms with Gasteiger partial charge in [0, 0.05) is 33.4 Å². The molecule has 0 bridgehead atoms. The van der Waals surface area contributed by atoms with E-state index in [2.05, 4.69) is 29.0 Å². The fourth-order valence-electron chi connectivity index (χ4n) is 3.03. The van der Waals surface area contributed by atoms with Crippen LogP contribution in [0, 0.1) is 6.92 Å². The number of hydrogen-bond acceptors (Lipinski definition) is 3. The summed E-state index contributed by atoms with van der Waals surface area (Å²) in [6.45, 7) is 2.11. The number of imidazole rings is 1. The van der Waals surface area contributed by atoms with Gasteiger partial charge in [-0.2, -0.15) is 0 Å². The highest BCUT2D eigenvalue weighted by molar-refractivity contribution is 7.12. The Morgan fingerprint density at radius 3 is 2.68 bits per heavy atom. The first-order chi connectivity index (χ1) is 10.7. The van der Waals surface area contributed by atoms with Gasteiger partial charge in [-0.1, -0.05) is 30.3 Å². The molecule has 0 spiro atoms. The lowest BCUT2D eigenvalue weighted by atomic mass is 9.88. The van der Waals surface area contributed by atoms with Gasteiger partial charge in [-0.15, -0.1) is 11.3 Å². The number of H-pyrrole nitrogens is 1. The van der Waals surface area contributed by atoms with Crippen LogP contribution in [0.5, 0.6) is 0 Å². The molecular formula is C18H16N2OS. The molecule has 4 rings (SSSR count). The van der Waals surface area contributed by atoms with Crippen molar-refractivity contribution < 1.29 is 4.79 Å². The summed E-state index contributed by atoms with van der Waals surface area (Å²) in [5.41, 5.74) is 2.63. The number of rotatable bonds is 2. The molecule has 1 atom stereocenters. The number of aromatic nitrogens is 2. The Morgan fingerprint density at radius 2 is 1.95 bits per heavy atom. The van der Waals surface area contributed by atoms with Crippen molar-refractivity contribution >= 4 is 17.1 Å². The van der Waals surface area contributed by atoms with Crippen LogP contribution in [0.3, 0.4) is 0 Å². The standard InChI is InChI=1S/C18H16N2OS/c1-11-7-8-16(22-11)13-9-14-17(15(21)10-13)20-18(19-14)12-5-3-2-4-6-12/h2-8,13H,9-10H2,1H3,(H,19,20)/t13-/m1/s1. The van der Waals surface area contributed by atoms with E-state index in [1.54, 1.807) is 11.3 Å². The average Bonchev–Trinajstić information content (AvgIpc) is 3.14. The maximum atomic E-state index is 12.4. The highest BCUT2D eigenvalue weighted by Gasteiger charge is 2.30. The summed E-state index contributed by atoms with van der Waals surface area (Å²) in [7, 11) is 0. The van der Waals surface area contributed by atoms with E-state index in [0.29, 0.717) is 12.1 Å². The molecule has 0 unspecified atom stereocenters. The van der Waals surface area contributed by atoms with E-state index in [4.69, 9.17) is 0 Å². The molecule has 4 heteroatoms. The van der Waals surface area contributed by atoms with Crippen molar-refractivity contribution in [1.82, 2.24) is 9.97 Å². The van der Waals surface area contributed by atoms with Crippen LogP contribution in [0.1, 0.15) is 38.3 Å². The van der Waals surface area contributed by atoms with Gasteiger partial charge in [-0.05, 0) is 25.5 Å². The van der Waals surface area contributed by atoms with Crippen molar-refractivity contribution in [2.75, 3.05) is 0 Å². The largest absolute Gasteiger partial charge is 0.341 e. The minimum atomic E-state index is 0.149. The van der Waals surface area contributed by atoms with Crippen molar-refractivity contribution in [2.45, 2.75) is 25.7 Å². The number of thiophene rings is 1. The molecule has 0 saturated carbocycles. The van der Waals surface area contributed by atoms with Crippen molar-refractivity contribution in [3.8, 4) is 11.4 Å². The fourth-order valence-corrected chi connectivity index (χ4v) is 4.01. The number of benzene rings is 1. The molecule has 0 fully saturated rings. The van der Waals surface area contributed by atoms with Crippen molar-refractivity contribution in [1.29, 1.82) is 0 Å². The molecule has 1 aliphatic carbocycles. The Balaban J connectivity index is 1.69. The van der Waals surface area contributed by atoms with Gasteiger partial charge in [0.2, 0.25) is 0 Å². The SMILES string of the molecule is Cc1ccc([C@H]2CC(=O)c3nc(-c4ccccc4)[nH]c3C2)s1. The van der Waals surface area contributed by atoms with Crippen LogP contribution in [0.2, 0.25) is 0 Å². The second-order valence-corrected chi connectivity index (χ2v) is 7.07. The van der Waals surface area contributed by atoms with E-state index >= 15 is 0 Å². The van der Waals surface area contributed by atoms with Gasteiger partial charge < -0.3 is 4.98 Å². The van der Waals surface area contributed by atoms with Gasteiger partial charge in [-0.25, -0.2) is 4.98 Å². The molecular weight excluding hydrogens is 292 g/mol. The smallest absolute Gasteiger partial charge is 0.183 e. The van der Waals surface area contributed by atoms with Crippen LogP contribution in [0.25, 0.3) is 11.4 Å². The molecule has 0 aliphatic heterocycles. The highest BCUT2D eigenvalue weighted by atomic mass is 32.1. The Hall–Kier alpha value is -2.20. The first-order valence-corrected chi connectivity index (χ1v) is 8.26. The van der Waals surface area contributed by atoms with Crippen LogP contribution >= 0.6 is 11.3 Å². The summed E-state index contributed by atoms with van der Waals surface area (Å²) in [5.74, 6) is 1.22. The maximum Gasteiger partial charge on any atom is 0.183 e. The number of carbonyl (C=O) groups is 1. The molecule has 110 valence electrons. The molecule has 3 nitrogen and oxygen atoms in total. The van der Waals surface area contributed by atoms with E-state index in [1.165, 1.54) is 9.75 Å². The minimum Gasteiger partial charge on any atom is -0.341 e. The molecule has 22 heavy (non-hydrogen) atoms. The Bertz CT molecular complexity index is 832. The zero-order valence-corrected chi connectivity index (χ0v) is 13.1. The molecule has 2 aromatic heterocycles. The number of ketones is 1. The topological polar surface area (TPSA) is 45.8 Å². The monoisotopic (exact) mass is 308 g/mol. The molecule has 0 radical (unpaired) electrons. The number of fused-ring (bicyclic) bond motifs is 1. The van der Waals surface area contributed by atoms with Gasteiger partial charge >= 0.3 is 0 Å². The van der Waals surface area contributed by atoms with E-state index in [1.807, 2.05) is 30.3 Å². The van der Waals surface area contributed by atoms with Crippen molar-refractivity contribution in [3.05, 3.63) is 63.6 Å². The predicted molar refractivity (Wildman–Crippen MR) is 88.5 cm³/mol. The van der Waals surface area contributed by atoms with E-state index < -0.39 is 0 Å². The fraction of sp³-hybridized carbons (Fsp3) is 0.222. The zero-order valence-electron chi connectivity index (χ0n) is 12.3. The normalized spacial score (nSPS) is 17.5. The number of nitrogens with one attached hydrogen (secondary N) is 1. The minimum absolute atomic E-state index is 0.149.